The molecule has 208 valence electrons. The van der Waals surface area contributed by atoms with E-state index in [9.17, 15) is 28.2 Å². The molecule has 10 nitrogen and oxygen atoms in total. The summed E-state index contributed by atoms with van der Waals surface area (Å²) in [6, 6.07) is 9.28. The van der Waals surface area contributed by atoms with Gasteiger partial charge in [0.1, 0.15) is 35.6 Å². The molecule has 1 atom stereocenters. The fourth-order valence-corrected chi connectivity index (χ4v) is 4.42. The lowest BCUT2D eigenvalue weighted by Crippen LogP contribution is -2.49. The van der Waals surface area contributed by atoms with Gasteiger partial charge in [-0.05, 0) is 35.9 Å². The van der Waals surface area contributed by atoms with Crippen LogP contribution in [0.25, 0.3) is 0 Å². The van der Waals surface area contributed by atoms with E-state index in [1.54, 1.807) is 0 Å². The van der Waals surface area contributed by atoms with E-state index in [4.69, 9.17) is 36.7 Å². The molecule has 1 spiro atoms. The number of amides is 2. The van der Waals surface area contributed by atoms with E-state index in [-0.39, 0.29) is 23.7 Å². The maximum atomic E-state index is 11.1. The third-order valence-corrected chi connectivity index (χ3v) is 6.23. The molecule has 14 heteroatoms. The lowest BCUT2D eigenvalue weighted by Gasteiger charge is -2.39. The van der Waals surface area contributed by atoms with Crippen LogP contribution < -0.4 is 20.5 Å². The minimum absolute atomic E-state index is 0.0129. The molecule has 1 fully saturated rings. The van der Waals surface area contributed by atoms with Gasteiger partial charge < -0.3 is 40.7 Å². The van der Waals surface area contributed by atoms with Crippen LogP contribution in [0, 0.1) is 0 Å². The summed E-state index contributed by atoms with van der Waals surface area (Å²) in [6.45, 7) is 2.07. The number of aromatic hydroxyl groups is 1. The third kappa shape index (κ3) is 8.04. The normalized spacial score (nSPS) is 17.0. The first kappa shape index (κ1) is 29.1. The number of aliphatic hydroxyl groups excluding tert-OH is 1. The number of phenolic OH excluding ortho intramolecular Hbond substituents is 1. The van der Waals surface area contributed by atoms with Crippen LogP contribution in [0.3, 0.4) is 0 Å². The molecule has 1 saturated heterocycles. The number of benzene rings is 2. The Hall–Kier alpha value is -3.42. The van der Waals surface area contributed by atoms with Crippen molar-refractivity contribution < 1.29 is 47.6 Å². The number of nitrogens with two attached hydrogens (primary N) is 1. The SMILES string of the molecule is NC(=O)Nc1ccc(O)cc1OC[C@H](O)CN1CCC2(CC1)Cc1cc(Cl)ccc1O2.O=C(O)C(F)(F)F. The zero-order chi connectivity index (χ0) is 28.1. The molecule has 0 aromatic heterocycles. The van der Waals surface area contributed by atoms with E-state index in [0.29, 0.717) is 12.2 Å². The van der Waals surface area contributed by atoms with Crippen LogP contribution in [0.1, 0.15) is 18.4 Å². The van der Waals surface area contributed by atoms with E-state index in [0.717, 1.165) is 48.7 Å². The summed E-state index contributed by atoms with van der Waals surface area (Å²) in [5.74, 6) is -1.61. The predicted octanol–water partition coefficient (Wildman–Crippen LogP) is 3.38. The molecule has 2 aliphatic rings. The monoisotopic (exact) mass is 561 g/mol. The highest BCUT2D eigenvalue weighted by molar-refractivity contribution is 6.30. The number of halogens is 4. The van der Waals surface area contributed by atoms with Crippen LogP contribution in [0.5, 0.6) is 17.2 Å². The number of anilines is 1. The number of fused-ring (bicyclic) bond motifs is 1. The number of likely N-dealkylation sites (tertiary alicyclic amines) is 1. The number of hydrogen-bond donors (Lipinski definition) is 5. The third-order valence-electron chi connectivity index (χ3n) is 5.99. The van der Waals surface area contributed by atoms with Gasteiger partial charge in [0.05, 0.1) is 5.69 Å². The van der Waals surface area contributed by atoms with E-state index in [1.807, 2.05) is 18.2 Å². The topological polar surface area (TPSA) is 155 Å². The summed E-state index contributed by atoms with van der Waals surface area (Å²) < 4.78 is 43.6. The first-order chi connectivity index (χ1) is 17.8. The summed E-state index contributed by atoms with van der Waals surface area (Å²) >= 11 is 6.10. The second kappa shape index (κ2) is 12.0. The van der Waals surface area contributed by atoms with Gasteiger partial charge in [-0.2, -0.15) is 13.2 Å². The van der Waals surface area contributed by atoms with Gasteiger partial charge in [0.15, 0.2) is 0 Å². The molecule has 2 aliphatic heterocycles. The number of carbonyl (C=O) groups excluding carboxylic acids is 1. The quantitative estimate of drug-likeness (QED) is 0.336. The summed E-state index contributed by atoms with van der Waals surface area (Å²) in [4.78, 5) is 22.2. The van der Waals surface area contributed by atoms with E-state index in [2.05, 4.69) is 10.2 Å². The Morgan fingerprint density at radius 3 is 2.47 bits per heavy atom. The van der Waals surface area contributed by atoms with E-state index >= 15 is 0 Å². The number of primary amides is 1. The molecule has 0 radical (unpaired) electrons. The van der Waals surface area contributed by atoms with E-state index < -0.39 is 24.3 Å². The highest BCUT2D eigenvalue weighted by Crippen LogP contribution is 2.42. The highest BCUT2D eigenvalue weighted by Gasteiger charge is 2.42. The molecule has 4 rings (SSSR count). The van der Waals surface area contributed by atoms with Crippen molar-refractivity contribution in [3.63, 3.8) is 0 Å². The van der Waals surface area contributed by atoms with Gasteiger partial charge in [0.2, 0.25) is 0 Å². The van der Waals surface area contributed by atoms with Crippen molar-refractivity contribution >= 4 is 29.3 Å². The molecule has 6 N–H and O–H groups in total. The number of aliphatic hydroxyl groups is 1. The van der Waals surface area contributed by atoms with Gasteiger partial charge in [0.25, 0.3) is 0 Å². The number of alkyl halides is 3. The number of ether oxygens (including phenoxy) is 2. The number of aliphatic carboxylic acids is 1. The first-order valence-electron chi connectivity index (χ1n) is 11.5. The molecule has 0 aliphatic carbocycles. The molecule has 0 bridgehead atoms. The number of carboxylic acids is 1. The Balaban J connectivity index is 0.000000505. The largest absolute Gasteiger partial charge is 0.508 e. The lowest BCUT2D eigenvalue weighted by atomic mass is 9.87. The van der Waals surface area contributed by atoms with Crippen molar-refractivity contribution in [1.29, 1.82) is 0 Å². The zero-order valence-electron chi connectivity index (χ0n) is 20.0. The fourth-order valence-electron chi connectivity index (χ4n) is 4.23. The Kier molecular flexibility index (Phi) is 9.18. The number of nitrogens with one attached hydrogen (secondary N) is 1. The second-order valence-electron chi connectivity index (χ2n) is 8.95. The van der Waals surface area contributed by atoms with Crippen LogP contribution in [0.4, 0.5) is 23.7 Å². The number of rotatable bonds is 6. The molecule has 2 aromatic rings. The first-order valence-corrected chi connectivity index (χ1v) is 11.8. The van der Waals surface area contributed by atoms with Gasteiger partial charge in [-0.25, -0.2) is 9.59 Å². The number of urea groups is 1. The molecule has 38 heavy (non-hydrogen) atoms. The molecule has 2 aromatic carbocycles. The Bertz CT molecular complexity index is 1160. The standard InChI is InChI=1S/C22H26ClN3O5.C2HF3O2/c23-15-1-4-19-14(9-15)11-22(31-19)5-7-26(8-6-22)12-17(28)13-30-20-10-16(27)2-3-18(20)25-21(24)29;3-2(4,5)1(6)7/h1-4,9-10,17,27-28H,5-8,11-13H2,(H3,24,25,29);(H,6,7)/t17-;/m1./s1. The molecule has 2 amide bonds. The van der Waals surface area contributed by atoms with Crippen LogP contribution in [0.2, 0.25) is 5.02 Å². The van der Waals surface area contributed by atoms with Gasteiger partial charge in [-0.15, -0.1) is 0 Å². The van der Waals surface area contributed by atoms with Gasteiger partial charge >= 0.3 is 18.2 Å². The minimum Gasteiger partial charge on any atom is -0.508 e. The highest BCUT2D eigenvalue weighted by atomic mass is 35.5. The second-order valence-corrected chi connectivity index (χ2v) is 9.39. The van der Waals surface area contributed by atoms with Crippen molar-refractivity contribution in [2.75, 3.05) is 31.6 Å². The van der Waals surface area contributed by atoms with Crippen LogP contribution in [-0.4, -0.2) is 76.3 Å². The molecular weight excluding hydrogens is 535 g/mol. The van der Waals surface area contributed by atoms with Crippen molar-refractivity contribution in [3.8, 4) is 17.2 Å². The number of piperidine rings is 1. The molecule has 0 unspecified atom stereocenters. The fraction of sp³-hybridized carbons (Fsp3) is 0.417. The average Bonchev–Trinajstić information content (AvgIpc) is 3.17. The Morgan fingerprint density at radius 1 is 1.21 bits per heavy atom. The maximum absolute atomic E-state index is 11.1. The van der Waals surface area contributed by atoms with Crippen molar-refractivity contribution in [2.24, 2.45) is 5.73 Å². The van der Waals surface area contributed by atoms with Crippen LogP contribution in [0.15, 0.2) is 36.4 Å². The predicted molar refractivity (Wildman–Crippen MR) is 131 cm³/mol. The maximum Gasteiger partial charge on any atom is 0.490 e. The molecule has 0 saturated carbocycles. The van der Waals surface area contributed by atoms with Gasteiger partial charge in [0, 0.05) is 50.0 Å². The summed E-state index contributed by atoms with van der Waals surface area (Å²) in [6.07, 6.45) is -3.23. The average molecular weight is 562 g/mol. The smallest absolute Gasteiger partial charge is 0.490 e. The molecular formula is C24H27ClF3N3O7. The molecule has 2 heterocycles. The number of carboxylic acid groups (broad SMARTS) is 1. The number of phenols is 1. The van der Waals surface area contributed by atoms with Crippen molar-refractivity contribution in [2.45, 2.75) is 37.1 Å². The summed E-state index contributed by atoms with van der Waals surface area (Å²) in [5.41, 5.74) is 6.44. The number of hydrogen-bond acceptors (Lipinski definition) is 7. The zero-order valence-corrected chi connectivity index (χ0v) is 20.8. The summed E-state index contributed by atoms with van der Waals surface area (Å²) in [7, 11) is 0. The lowest BCUT2D eigenvalue weighted by molar-refractivity contribution is -0.192. The van der Waals surface area contributed by atoms with Crippen LogP contribution >= 0.6 is 11.6 Å². The number of β-amino-alcohol motifs (C(OH)–C–C–N with tert-alkyl or cyclic N) is 1. The van der Waals surface area contributed by atoms with E-state index in [1.165, 1.54) is 18.2 Å². The Labute approximate surface area is 220 Å². The van der Waals surface area contributed by atoms with Crippen molar-refractivity contribution in [3.05, 3.63) is 47.0 Å². The summed E-state index contributed by atoms with van der Waals surface area (Å²) in [5, 5.41) is 30.4. The minimum atomic E-state index is -5.08. The number of nitrogens with zero attached hydrogens (tertiary/aromatic N) is 1. The Morgan fingerprint density at radius 2 is 1.87 bits per heavy atom. The van der Waals surface area contributed by atoms with Crippen LogP contribution in [-0.2, 0) is 11.2 Å². The van der Waals surface area contributed by atoms with Gasteiger partial charge in [-0.3, -0.25) is 0 Å². The number of carbonyl (C=O) groups is 2. The van der Waals surface area contributed by atoms with Gasteiger partial charge in [-0.1, -0.05) is 11.6 Å². The van der Waals surface area contributed by atoms with Crippen molar-refractivity contribution in [1.82, 2.24) is 4.90 Å².